The van der Waals surface area contributed by atoms with Crippen molar-refractivity contribution in [2.45, 2.75) is 6.54 Å². The Morgan fingerprint density at radius 2 is 2.12 bits per heavy atom. The van der Waals surface area contributed by atoms with E-state index in [0.717, 1.165) is 16.8 Å². The minimum absolute atomic E-state index is 0.795. The van der Waals surface area contributed by atoms with E-state index in [9.17, 15) is 0 Å². The Kier molecular flexibility index (Phi) is 2.52. The predicted molar refractivity (Wildman–Crippen MR) is 71.9 cm³/mol. The lowest BCUT2D eigenvalue weighted by Gasteiger charge is -2.05. The van der Waals surface area contributed by atoms with Crippen molar-refractivity contribution in [3.63, 3.8) is 0 Å². The minimum atomic E-state index is 0.795. The third-order valence-corrected chi connectivity index (χ3v) is 3.68. The summed E-state index contributed by atoms with van der Waals surface area (Å²) in [7, 11) is 2.02. The summed E-state index contributed by atoms with van der Waals surface area (Å²) in [5, 5.41) is 1.24. The lowest BCUT2D eigenvalue weighted by atomic mass is 10.2. The molecule has 0 unspecified atom stereocenters. The molecule has 0 saturated heterocycles. The van der Waals surface area contributed by atoms with E-state index in [2.05, 4.69) is 55.9 Å². The normalized spacial score (nSPS) is 11.2. The van der Waals surface area contributed by atoms with Gasteiger partial charge in [-0.2, -0.15) is 0 Å². The first kappa shape index (κ1) is 10.6. The highest BCUT2D eigenvalue weighted by Crippen LogP contribution is 2.25. The summed E-state index contributed by atoms with van der Waals surface area (Å²) in [5.41, 5.74) is 1.22. The van der Waals surface area contributed by atoms with Gasteiger partial charge in [0.05, 0.1) is 6.54 Å². The summed E-state index contributed by atoms with van der Waals surface area (Å²) in [4.78, 5) is 4.35. The van der Waals surface area contributed by atoms with E-state index >= 15 is 0 Å². The van der Waals surface area contributed by atoms with E-state index in [1.54, 1.807) is 0 Å². The molecule has 0 radical (unpaired) electrons. The summed E-state index contributed by atoms with van der Waals surface area (Å²) in [6.07, 6.45) is 5.90. The molecule has 0 aliphatic heterocycles. The van der Waals surface area contributed by atoms with E-state index in [1.165, 1.54) is 10.9 Å². The maximum Gasteiger partial charge on any atom is 0.128 e. The molecular formula is C13H12BrN3. The molecule has 2 heterocycles. The molecule has 3 aromatic rings. The topological polar surface area (TPSA) is 22.8 Å². The Labute approximate surface area is 108 Å². The van der Waals surface area contributed by atoms with Crippen LogP contribution >= 0.6 is 15.9 Å². The van der Waals surface area contributed by atoms with Crippen LogP contribution in [0.15, 0.2) is 47.3 Å². The number of aromatic nitrogens is 3. The molecule has 0 saturated carbocycles. The van der Waals surface area contributed by atoms with E-state index in [4.69, 9.17) is 0 Å². The molecule has 3 rings (SSSR count). The Hall–Kier alpha value is -1.55. The maximum absolute atomic E-state index is 4.35. The SMILES string of the molecule is Cn1ccnc1Cn1ccc2c(Br)cccc21. The lowest BCUT2D eigenvalue weighted by Crippen LogP contribution is -2.04. The first-order chi connectivity index (χ1) is 8.25. The molecule has 86 valence electrons. The lowest BCUT2D eigenvalue weighted by molar-refractivity contribution is 0.718. The van der Waals surface area contributed by atoms with Gasteiger partial charge in [-0.1, -0.05) is 22.0 Å². The number of hydrogen-bond acceptors (Lipinski definition) is 1. The second-order valence-corrected chi connectivity index (χ2v) is 4.92. The minimum Gasteiger partial charge on any atom is -0.340 e. The molecule has 2 aromatic heterocycles. The standard InChI is InChI=1S/C13H12BrN3/c1-16-8-6-15-13(16)9-17-7-5-10-11(14)3-2-4-12(10)17/h2-8H,9H2,1H3. The van der Waals surface area contributed by atoms with Crippen molar-refractivity contribution < 1.29 is 0 Å². The van der Waals surface area contributed by atoms with Crippen molar-refractivity contribution in [1.82, 2.24) is 14.1 Å². The first-order valence-corrected chi connectivity index (χ1v) is 6.24. The van der Waals surface area contributed by atoms with Crippen molar-refractivity contribution in [1.29, 1.82) is 0 Å². The third-order valence-electron chi connectivity index (χ3n) is 2.99. The Balaban J connectivity index is 2.07. The summed E-state index contributed by atoms with van der Waals surface area (Å²) in [5.74, 6) is 1.06. The van der Waals surface area contributed by atoms with Crippen molar-refractivity contribution in [3.05, 3.63) is 53.2 Å². The molecule has 0 spiro atoms. The van der Waals surface area contributed by atoms with Gasteiger partial charge in [-0.3, -0.25) is 0 Å². The first-order valence-electron chi connectivity index (χ1n) is 5.45. The third kappa shape index (κ3) is 1.78. The average Bonchev–Trinajstić information content (AvgIpc) is 2.89. The van der Waals surface area contributed by atoms with Gasteiger partial charge in [0.25, 0.3) is 0 Å². The van der Waals surface area contributed by atoms with Crippen LogP contribution in [0.2, 0.25) is 0 Å². The van der Waals surface area contributed by atoms with Crippen molar-refractivity contribution in [3.8, 4) is 0 Å². The van der Waals surface area contributed by atoms with E-state index in [1.807, 2.05) is 24.0 Å². The fourth-order valence-corrected chi connectivity index (χ4v) is 2.51. The fourth-order valence-electron chi connectivity index (χ4n) is 2.02. The van der Waals surface area contributed by atoms with Gasteiger partial charge in [0, 0.05) is 41.0 Å². The number of nitrogens with zero attached hydrogens (tertiary/aromatic N) is 3. The zero-order chi connectivity index (χ0) is 11.8. The van der Waals surface area contributed by atoms with Crippen LogP contribution < -0.4 is 0 Å². The van der Waals surface area contributed by atoms with E-state index in [0.29, 0.717) is 0 Å². The molecular weight excluding hydrogens is 278 g/mol. The number of aryl methyl sites for hydroxylation is 1. The van der Waals surface area contributed by atoms with Crippen LogP contribution in [0.25, 0.3) is 10.9 Å². The van der Waals surface area contributed by atoms with Crippen LogP contribution in [0.5, 0.6) is 0 Å². The number of hydrogen-bond donors (Lipinski definition) is 0. The van der Waals surface area contributed by atoms with Crippen LogP contribution in [-0.4, -0.2) is 14.1 Å². The number of fused-ring (bicyclic) bond motifs is 1. The Bertz CT molecular complexity index is 666. The average molecular weight is 290 g/mol. The smallest absolute Gasteiger partial charge is 0.128 e. The quantitative estimate of drug-likeness (QED) is 0.710. The van der Waals surface area contributed by atoms with E-state index < -0.39 is 0 Å². The van der Waals surface area contributed by atoms with Gasteiger partial charge in [-0.15, -0.1) is 0 Å². The summed E-state index contributed by atoms with van der Waals surface area (Å²) in [6, 6.07) is 8.38. The van der Waals surface area contributed by atoms with Crippen LogP contribution in [-0.2, 0) is 13.6 Å². The Morgan fingerprint density at radius 1 is 1.24 bits per heavy atom. The number of rotatable bonds is 2. The van der Waals surface area contributed by atoms with Crippen LogP contribution in [0, 0.1) is 0 Å². The largest absolute Gasteiger partial charge is 0.340 e. The van der Waals surface area contributed by atoms with Crippen LogP contribution in [0.4, 0.5) is 0 Å². The highest BCUT2D eigenvalue weighted by molar-refractivity contribution is 9.10. The Morgan fingerprint density at radius 3 is 2.88 bits per heavy atom. The molecule has 0 aliphatic carbocycles. The van der Waals surface area contributed by atoms with Crippen molar-refractivity contribution in [2.75, 3.05) is 0 Å². The summed E-state index contributed by atoms with van der Waals surface area (Å²) in [6.45, 7) is 0.795. The van der Waals surface area contributed by atoms with E-state index in [-0.39, 0.29) is 0 Å². The van der Waals surface area contributed by atoms with Crippen LogP contribution in [0.3, 0.4) is 0 Å². The van der Waals surface area contributed by atoms with Crippen LogP contribution in [0.1, 0.15) is 5.82 Å². The molecule has 0 bridgehead atoms. The molecule has 4 heteroatoms. The van der Waals surface area contributed by atoms with Crippen molar-refractivity contribution >= 4 is 26.8 Å². The number of imidazole rings is 1. The molecule has 17 heavy (non-hydrogen) atoms. The van der Waals surface area contributed by atoms with Gasteiger partial charge < -0.3 is 9.13 Å². The highest BCUT2D eigenvalue weighted by atomic mass is 79.9. The van der Waals surface area contributed by atoms with Gasteiger partial charge in [-0.25, -0.2) is 4.98 Å². The van der Waals surface area contributed by atoms with Crippen molar-refractivity contribution in [2.24, 2.45) is 7.05 Å². The molecule has 0 N–H and O–H groups in total. The van der Waals surface area contributed by atoms with Gasteiger partial charge in [-0.05, 0) is 18.2 Å². The molecule has 1 aromatic carbocycles. The highest BCUT2D eigenvalue weighted by Gasteiger charge is 2.06. The molecule has 0 atom stereocenters. The van der Waals surface area contributed by atoms with Gasteiger partial charge in [0.1, 0.15) is 5.82 Å². The monoisotopic (exact) mass is 289 g/mol. The van der Waals surface area contributed by atoms with Gasteiger partial charge >= 0.3 is 0 Å². The molecule has 0 fully saturated rings. The second kappa shape index (κ2) is 4.04. The molecule has 3 nitrogen and oxygen atoms in total. The molecule has 0 aliphatic rings. The molecule has 0 amide bonds. The maximum atomic E-state index is 4.35. The van der Waals surface area contributed by atoms with Gasteiger partial charge in [0.15, 0.2) is 0 Å². The van der Waals surface area contributed by atoms with Gasteiger partial charge in [0.2, 0.25) is 0 Å². The zero-order valence-corrected chi connectivity index (χ0v) is 11.1. The fraction of sp³-hybridized carbons (Fsp3) is 0.154. The second-order valence-electron chi connectivity index (χ2n) is 4.07. The number of halogens is 1. The number of benzene rings is 1. The zero-order valence-electron chi connectivity index (χ0n) is 9.47. The summed E-state index contributed by atoms with van der Waals surface area (Å²) < 4.78 is 5.39. The predicted octanol–water partition coefficient (Wildman–Crippen LogP) is 3.19. The summed E-state index contributed by atoms with van der Waals surface area (Å²) >= 11 is 3.57.